The third kappa shape index (κ3) is 4.19. The number of aromatic amines is 1. The molecular formula is C18H15Cl3N4O2. The number of rotatable bonds is 3. The van der Waals surface area contributed by atoms with E-state index in [1.54, 1.807) is 29.2 Å². The number of nitrogens with zero attached hydrogens (tertiary/aromatic N) is 3. The minimum Gasteiger partial charge on any atom is -0.367 e. The molecule has 140 valence electrons. The molecule has 0 aliphatic carbocycles. The number of pyridine rings is 1. The van der Waals surface area contributed by atoms with Crippen LogP contribution in [0.1, 0.15) is 17.5 Å². The highest BCUT2D eigenvalue weighted by Crippen LogP contribution is 2.24. The molecular weight excluding hydrogens is 411 g/mol. The van der Waals surface area contributed by atoms with Crippen molar-refractivity contribution in [3.63, 3.8) is 0 Å². The highest BCUT2D eigenvalue weighted by molar-refractivity contribution is 6.34. The van der Waals surface area contributed by atoms with Gasteiger partial charge in [-0.05, 0) is 35.9 Å². The lowest BCUT2D eigenvalue weighted by atomic mass is 10.1. The summed E-state index contributed by atoms with van der Waals surface area (Å²) in [5.41, 5.74) is 2.08. The Morgan fingerprint density at radius 3 is 2.74 bits per heavy atom. The number of H-pyrrole nitrogens is 1. The first-order valence-corrected chi connectivity index (χ1v) is 9.48. The Morgan fingerprint density at radius 2 is 1.96 bits per heavy atom. The van der Waals surface area contributed by atoms with Crippen molar-refractivity contribution < 1.29 is 9.53 Å². The molecule has 1 aliphatic heterocycles. The summed E-state index contributed by atoms with van der Waals surface area (Å²) in [4.78, 5) is 26.3. The third-order valence-electron chi connectivity index (χ3n) is 4.33. The van der Waals surface area contributed by atoms with Gasteiger partial charge in [-0.2, -0.15) is 0 Å². The van der Waals surface area contributed by atoms with Crippen molar-refractivity contribution in [2.45, 2.75) is 12.5 Å². The largest absolute Gasteiger partial charge is 0.367 e. The van der Waals surface area contributed by atoms with Gasteiger partial charge in [0.1, 0.15) is 17.1 Å². The molecule has 9 heteroatoms. The standard InChI is InChI=1S/C18H15Cl3N4O2/c19-11-5-10(6-12(20)8-11)7-16(26)25-3-4-27-14(9-25)18-22-13-1-2-15(21)23-17(13)24-18/h1-2,5-6,8,14H,3-4,7,9H2,(H,22,23,24). The molecule has 1 fully saturated rings. The third-order valence-corrected chi connectivity index (χ3v) is 4.98. The first-order valence-electron chi connectivity index (χ1n) is 8.34. The molecule has 3 aromatic rings. The number of carbonyl (C=O) groups excluding carboxylic acids is 1. The molecule has 1 amide bonds. The number of carbonyl (C=O) groups is 1. The highest BCUT2D eigenvalue weighted by Gasteiger charge is 2.27. The van der Waals surface area contributed by atoms with Gasteiger partial charge in [0.15, 0.2) is 5.65 Å². The number of aromatic nitrogens is 3. The average Bonchev–Trinajstić information content (AvgIpc) is 3.04. The molecule has 1 saturated heterocycles. The van der Waals surface area contributed by atoms with E-state index in [0.717, 1.165) is 11.1 Å². The number of halogens is 3. The van der Waals surface area contributed by atoms with Gasteiger partial charge in [0.25, 0.3) is 0 Å². The summed E-state index contributed by atoms with van der Waals surface area (Å²) in [6, 6.07) is 8.65. The van der Waals surface area contributed by atoms with E-state index >= 15 is 0 Å². The van der Waals surface area contributed by atoms with Gasteiger partial charge in [-0.1, -0.05) is 34.8 Å². The van der Waals surface area contributed by atoms with Crippen molar-refractivity contribution in [2.24, 2.45) is 0 Å². The number of benzene rings is 1. The molecule has 1 aromatic carbocycles. The van der Waals surface area contributed by atoms with Crippen LogP contribution >= 0.6 is 34.8 Å². The summed E-state index contributed by atoms with van der Waals surface area (Å²) in [5, 5.41) is 1.40. The lowest BCUT2D eigenvalue weighted by Gasteiger charge is -2.32. The zero-order valence-corrected chi connectivity index (χ0v) is 16.4. The van der Waals surface area contributed by atoms with Crippen LogP contribution < -0.4 is 0 Å². The number of fused-ring (bicyclic) bond motifs is 1. The molecule has 0 bridgehead atoms. The molecule has 1 aliphatic rings. The second-order valence-electron chi connectivity index (χ2n) is 6.28. The van der Waals surface area contributed by atoms with Crippen LogP contribution in [0.15, 0.2) is 30.3 Å². The van der Waals surface area contributed by atoms with Crippen LogP contribution in [0.2, 0.25) is 15.2 Å². The lowest BCUT2D eigenvalue weighted by molar-refractivity contribution is -0.138. The molecule has 2 aromatic heterocycles. The summed E-state index contributed by atoms with van der Waals surface area (Å²) in [6.45, 7) is 1.35. The van der Waals surface area contributed by atoms with E-state index in [0.29, 0.717) is 46.4 Å². The van der Waals surface area contributed by atoms with Crippen molar-refractivity contribution >= 4 is 51.9 Å². The monoisotopic (exact) mass is 424 g/mol. The normalized spacial score (nSPS) is 17.4. The van der Waals surface area contributed by atoms with E-state index in [1.165, 1.54) is 0 Å². The fourth-order valence-electron chi connectivity index (χ4n) is 3.08. The van der Waals surface area contributed by atoms with Crippen molar-refractivity contribution in [1.29, 1.82) is 0 Å². The number of ether oxygens (including phenoxy) is 1. The maximum absolute atomic E-state index is 12.7. The zero-order chi connectivity index (χ0) is 19.0. The maximum atomic E-state index is 12.7. The van der Waals surface area contributed by atoms with Crippen LogP contribution in [0.4, 0.5) is 0 Å². The van der Waals surface area contributed by atoms with Gasteiger partial charge in [0.05, 0.1) is 25.1 Å². The molecule has 6 nitrogen and oxygen atoms in total. The van der Waals surface area contributed by atoms with Crippen molar-refractivity contribution in [3.8, 4) is 0 Å². The van der Waals surface area contributed by atoms with Gasteiger partial charge >= 0.3 is 0 Å². The first kappa shape index (κ1) is 18.5. The van der Waals surface area contributed by atoms with E-state index in [9.17, 15) is 4.79 Å². The Morgan fingerprint density at radius 1 is 1.19 bits per heavy atom. The molecule has 4 rings (SSSR count). The molecule has 1 unspecified atom stereocenters. The Balaban J connectivity index is 1.48. The lowest BCUT2D eigenvalue weighted by Crippen LogP contribution is -2.43. The number of morpholine rings is 1. The van der Waals surface area contributed by atoms with Gasteiger partial charge in [0, 0.05) is 16.6 Å². The SMILES string of the molecule is O=C(Cc1cc(Cl)cc(Cl)c1)N1CCOC(c2nc3nc(Cl)ccc3[nH]2)C1. The van der Waals surface area contributed by atoms with Crippen molar-refractivity contribution in [1.82, 2.24) is 19.9 Å². The minimum absolute atomic E-state index is 0.0149. The van der Waals surface area contributed by atoms with Gasteiger partial charge in [-0.3, -0.25) is 4.79 Å². The minimum atomic E-state index is -0.348. The van der Waals surface area contributed by atoms with Crippen LogP contribution in [0.25, 0.3) is 11.2 Å². The summed E-state index contributed by atoms with van der Waals surface area (Å²) >= 11 is 17.9. The fourth-order valence-corrected chi connectivity index (χ4v) is 3.80. The second-order valence-corrected chi connectivity index (χ2v) is 7.54. The van der Waals surface area contributed by atoms with Gasteiger partial charge in [0.2, 0.25) is 5.91 Å². The Bertz CT molecular complexity index is 987. The smallest absolute Gasteiger partial charge is 0.227 e. The summed E-state index contributed by atoms with van der Waals surface area (Å²) in [5.74, 6) is 0.613. The Labute approximate surface area is 170 Å². The quantitative estimate of drug-likeness (QED) is 0.642. The summed E-state index contributed by atoms with van der Waals surface area (Å²) in [6.07, 6.45) is -0.122. The molecule has 0 spiro atoms. The molecule has 0 radical (unpaired) electrons. The highest BCUT2D eigenvalue weighted by atomic mass is 35.5. The van der Waals surface area contributed by atoms with Crippen LogP contribution in [0.5, 0.6) is 0 Å². The molecule has 27 heavy (non-hydrogen) atoms. The van der Waals surface area contributed by atoms with Gasteiger partial charge in [-0.25, -0.2) is 9.97 Å². The average molecular weight is 426 g/mol. The molecule has 0 saturated carbocycles. The van der Waals surface area contributed by atoms with Crippen molar-refractivity contribution in [3.05, 3.63) is 56.9 Å². The number of imidazole rings is 1. The summed E-state index contributed by atoms with van der Waals surface area (Å²) in [7, 11) is 0. The van der Waals surface area contributed by atoms with Crippen LogP contribution in [-0.4, -0.2) is 45.5 Å². The van der Waals surface area contributed by atoms with Crippen molar-refractivity contribution in [2.75, 3.05) is 19.7 Å². The van der Waals surface area contributed by atoms with E-state index in [1.807, 2.05) is 6.07 Å². The second kappa shape index (κ2) is 7.64. The van der Waals surface area contributed by atoms with E-state index < -0.39 is 0 Å². The number of amides is 1. The topological polar surface area (TPSA) is 71.1 Å². The number of hydrogen-bond donors (Lipinski definition) is 1. The van der Waals surface area contributed by atoms with E-state index in [-0.39, 0.29) is 18.4 Å². The van der Waals surface area contributed by atoms with Crippen LogP contribution in [-0.2, 0) is 16.0 Å². The summed E-state index contributed by atoms with van der Waals surface area (Å²) < 4.78 is 5.80. The fraction of sp³-hybridized carbons (Fsp3) is 0.278. The molecule has 3 heterocycles. The first-order chi connectivity index (χ1) is 13.0. The van der Waals surface area contributed by atoms with E-state index in [4.69, 9.17) is 39.5 Å². The Hall–Kier alpha value is -1.86. The van der Waals surface area contributed by atoms with Gasteiger partial charge < -0.3 is 14.6 Å². The zero-order valence-electron chi connectivity index (χ0n) is 14.1. The van der Waals surface area contributed by atoms with Crippen LogP contribution in [0, 0.1) is 0 Å². The number of nitrogens with one attached hydrogen (secondary N) is 1. The number of hydrogen-bond acceptors (Lipinski definition) is 4. The van der Waals surface area contributed by atoms with E-state index in [2.05, 4.69) is 15.0 Å². The predicted molar refractivity (Wildman–Crippen MR) is 104 cm³/mol. The molecule has 1 atom stereocenters. The molecule has 1 N–H and O–H groups in total. The van der Waals surface area contributed by atoms with Crippen LogP contribution in [0.3, 0.4) is 0 Å². The predicted octanol–water partition coefficient (Wildman–Crippen LogP) is 4.06. The maximum Gasteiger partial charge on any atom is 0.227 e. The van der Waals surface area contributed by atoms with Gasteiger partial charge in [-0.15, -0.1) is 0 Å². The Kier molecular flexibility index (Phi) is 5.23.